The molecule has 3 N–H and O–H groups in total. The number of ether oxygens (including phenoxy) is 2. The van der Waals surface area contributed by atoms with Crippen LogP contribution in [0.1, 0.15) is 44.6 Å². The minimum Gasteiger partial charge on any atom is -0.493 e. The maximum absolute atomic E-state index is 5.73. The van der Waals surface area contributed by atoms with Gasteiger partial charge < -0.3 is 9.47 Å². The fourth-order valence-corrected chi connectivity index (χ4v) is 2.89. The molecule has 4 heteroatoms. The predicted molar refractivity (Wildman–Crippen MR) is 80.7 cm³/mol. The van der Waals surface area contributed by atoms with Gasteiger partial charge in [0.25, 0.3) is 0 Å². The van der Waals surface area contributed by atoms with Crippen LogP contribution in [0.25, 0.3) is 0 Å². The first kappa shape index (κ1) is 15.3. The van der Waals surface area contributed by atoms with Crippen molar-refractivity contribution in [2.75, 3.05) is 13.7 Å². The van der Waals surface area contributed by atoms with Crippen LogP contribution in [-0.2, 0) is 4.74 Å². The van der Waals surface area contributed by atoms with Crippen LogP contribution in [0.3, 0.4) is 0 Å². The van der Waals surface area contributed by atoms with Gasteiger partial charge in [-0.15, -0.1) is 0 Å². The SMILES string of the molecule is COC(C)(C)CC(CC1CCOc2ccccc21)NN. The highest BCUT2D eigenvalue weighted by molar-refractivity contribution is 5.37. The molecule has 1 aromatic rings. The second-order valence-electron chi connectivity index (χ2n) is 6.14. The molecule has 0 aromatic heterocycles. The molecular weight excluding hydrogens is 252 g/mol. The first-order chi connectivity index (χ1) is 9.55. The molecule has 0 aliphatic carbocycles. The van der Waals surface area contributed by atoms with Crippen molar-refractivity contribution in [2.24, 2.45) is 5.84 Å². The molecule has 1 aliphatic heterocycles. The summed E-state index contributed by atoms with van der Waals surface area (Å²) in [5.41, 5.74) is 4.09. The third kappa shape index (κ3) is 3.72. The van der Waals surface area contributed by atoms with Crippen LogP contribution in [0.4, 0.5) is 0 Å². The first-order valence-electron chi connectivity index (χ1n) is 7.29. The van der Waals surface area contributed by atoms with Crippen LogP contribution in [0.15, 0.2) is 24.3 Å². The molecule has 0 spiro atoms. The Hall–Kier alpha value is -1.10. The highest BCUT2D eigenvalue weighted by Gasteiger charge is 2.28. The molecule has 1 aliphatic rings. The summed E-state index contributed by atoms with van der Waals surface area (Å²) in [7, 11) is 1.75. The van der Waals surface area contributed by atoms with Gasteiger partial charge in [-0.1, -0.05) is 18.2 Å². The largest absolute Gasteiger partial charge is 0.493 e. The van der Waals surface area contributed by atoms with Crippen molar-refractivity contribution in [3.63, 3.8) is 0 Å². The van der Waals surface area contributed by atoms with E-state index in [0.717, 1.165) is 31.6 Å². The molecule has 112 valence electrons. The summed E-state index contributed by atoms with van der Waals surface area (Å²) < 4.78 is 11.2. The standard InChI is InChI=1S/C16H26N2O2/c1-16(2,19-3)11-13(18-17)10-12-8-9-20-15-7-5-4-6-14(12)15/h4-7,12-13,18H,8-11,17H2,1-3H3. The van der Waals surface area contributed by atoms with Crippen molar-refractivity contribution in [3.05, 3.63) is 29.8 Å². The van der Waals surface area contributed by atoms with E-state index in [-0.39, 0.29) is 11.6 Å². The Labute approximate surface area is 121 Å². The van der Waals surface area contributed by atoms with Crippen LogP contribution in [0, 0.1) is 0 Å². The van der Waals surface area contributed by atoms with Gasteiger partial charge in [0.05, 0.1) is 12.2 Å². The van der Waals surface area contributed by atoms with Crippen LogP contribution in [0.5, 0.6) is 5.75 Å². The highest BCUT2D eigenvalue weighted by Crippen LogP contribution is 2.37. The summed E-state index contributed by atoms with van der Waals surface area (Å²) in [4.78, 5) is 0. The summed E-state index contributed by atoms with van der Waals surface area (Å²) in [6.07, 6.45) is 2.94. The number of methoxy groups -OCH3 is 1. The zero-order chi connectivity index (χ0) is 14.6. The summed E-state index contributed by atoms with van der Waals surface area (Å²) in [5.74, 6) is 7.25. The van der Waals surface area contributed by atoms with Crippen LogP contribution >= 0.6 is 0 Å². The number of hydrazine groups is 1. The van der Waals surface area contributed by atoms with E-state index < -0.39 is 0 Å². The van der Waals surface area contributed by atoms with E-state index in [1.54, 1.807) is 7.11 Å². The quantitative estimate of drug-likeness (QED) is 0.620. The Kier molecular flexibility index (Phi) is 5.02. The van der Waals surface area contributed by atoms with E-state index in [1.165, 1.54) is 5.56 Å². The molecule has 20 heavy (non-hydrogen) atoms. The molecule has 0 saturated heterocycles. The number of hydrogen-bond acceptors (Lipinski definition) is 4. The first-order valence-corrected chi connectivity index (χ1v) is 7.29. The summed E-state index contributed by atoms with van der Waals surface area (Å²) >= 11 is 0. The van der Waals surface area contributed by atoms with E-state index in [4.69, 9.17) is 15.3 Å². The number of hydrogen-bond donors (Lipinski definition) is 2. The topological polar surface area (TPSA) is 56.5 Å². The number of nitrogens with one attached hydrogen (secondary N) is 1. The van der Waals surface area contributed by atoms with Crippen molar-refractivity contribution in [1.82, 2.24) is 5.43 Å². The predicted octanol–water partition coefficient (Wildman–Crippen LogP) is 2.59. The average Bonchev–Trinajstić information content (AvgIpc) is 2.46. The maximum Gasteiger partial charge on any atom is 0.122 e. The second-order valence-corrected chi connectivity index (χ2v) is 6.14. The van der Waals surface area contributed by atoms with Gasteiger partial charge in [-0.3, -0.25) is 11.3 Å². The second kappa shape index (κ2) is 6.57. The van der Waals surface area contributed by atoms with Gasteiger partial charge in [0.2, 0.25) is 0 Å². The summed E-state index contributed by atoms with van der Waals surface area (Å²) in [6, 6.07) is 8.54. The molecule has 2 atom stereocenters. The van der Waals surface area contributed by atoms with Gasteiger partial charge in [-0.25, -0.2) is 0 Å². The minimum absolute atomic E-state index is 0.165. The van der Waals surface area contributed by atoms with Crippen LogP contribution < -0.4 is 16.0 Å². The monoisotopic (exact) mass is 278 g/mol. The molecular formula is C16H26N2O2. The molecule has 2 rings (SSSR count). The lowest BCUT2D eigenvalue weighted by atomic mass is 9.84. The fourth-order valence-electron chi connectivity index (χ4n) is 2.89. The van der Waals surface area contributed by atoms with Gasteiger partial charge in [0.1, 0.15) is 5.75 Å². The molecule has 0 radical (unpaired) electrons. The summed E-state index contributed by atoms with van der Waals surface area (Å²) in [6.45, 7) is 4.97. The molecule has 1 heterocycles. The number of para-hydroxylation sites is 1. The normalized spacial score (nSPS) is 20.1. The molecule has 4 nitrogen and oxygen atoms in total. The lowest BCUT2D eigenvalue weighted by Crippen LogP contribution is -2.42. The lowest BCUT2D eigenvalue weighted by molar-refractivity contribution is 0.00547. The highest BCUT2D eigenvalue weighted by atomic mass is 16.5. The molecule has 0 amide bonds. The minimum atomic E-state index is -0.165. The van der Waals surface area contributed by atoms with E-state index in [0.29, 0.717) is 5.92 Å². The molecule has 1 aromatic carbocycles. The van der Waals surface area contributed by atoms with Crippen molar-refractivity contribution in [3.8, 4) is 5.75 Å². The Morgan fingerprint density at radius 3 is 2.90 bits per heavy atom. The fraction of sp³-hybridized carbons (Fsp3) is 0.625. The van der Waals surface area contributed by atoms with Crippen molar-refractivity contribution < 1.29 is 9.47 Å². The van der Waals surface area contributed by atoms with Crippen molar-refractivity contribution in [2.45, 2.75) is 50.7 Å². The Morgan fingerprint density at radius 1 is 1.45 bits per heavy atom. The zero-order valence-corrected chi connectivity index (χ0v) is 12.7. The summed E-state index contributed by atoms with van der Waals surface area (Å²) in [5, 5.41) is 0. The van der Waals surface area contributed by atoms with E-state index in [1.807, 2.05) is 12.1 Å². The lowest BCUT2D eigenvalue weighted by Gasteiger charge is -2.32. The van der Waals surface area contributed by atoms with E-state index in [9.17, 15) is 0 Å². The molecule has 2 unspecified atom stereocenters. The third-order valence-electron chi connectivity index (χ3n) is 4.18. The van der Waals surface area contributed by atoms with Gasteiger partial charge in [0, 0.05) is 13.2 Å². The van der Waals surface area contributed by atoms with Gasteiger partial charge >= 0.3 is 0 Å². The number of rotatable bonds is 6. The Bertz CT molecular complexity index is 434. The Morgan fingerprint density at radius 2 is 2.20 bits per heavy atom. The van der Waals surface area contributed by atoms with Crippen molar-refractivity contribution >= 4 is 0 Å². The average molecular weight is 278 g/mol. The maximum atomic E-state index is 5.73. The molecule has 0 saturated carbocycles. The van der Waals surface area contributed by atoms with Crippen molar-refractivity contribution in [1.29, 1.82) is 0 Å². The smallest absolute Gasteiger partial charge is 0.122 e. The van der Waals surface area contributed by atoms with Gasteiger partial charge in [-0.05, 0) is 50.7 Å². The van der Waals surface area contributed by atoms with Gasteiger partial charge in [-0.2, -0.15) is 0 Å². The number of benzene rings is 1. The number of nitrogens with two attached hydrogens (primary N) is 1. The Balaban J connectivity index is 2.05. The molecule has 0 bridgehead atoms. The zero-order valence-electron chi connectivity index (χ0n) is 12.7. The van der Waals surface area contributed by atoms with Crippen LogP contribution in [-0.4, -0.2) is 25.4 Å². The van der Waals surface area contributed by atoms with E-state index in [2.05, 4.69) is 31.4 Å². The van der Waals surface area contributed by atoms with Crippen LogP contribution in [0.2, 0.25) is 0 Å². The molecule has 0 fully saturated rings. The van der Waals surface area contributed by atoms with E-state index >= 15 is 0 Å². The third-order valence-corrected chi connectivity index (χ3v) is 4.18. The number of fused-ring (bicyclic) bond motifs is 1. The van der Waals surface area contributed by atoms with Gasteiger partial charge in [0.15, 0.2) is 0 Å².